The van der Waals surface area contributed by atoms with Crippen LogP contribution in [-0.2, 0) is 16.0 Å². The van der Waals surface area contributed by atoms with Crippen molar-refractivity contribution in [1.82, 2.24) is 4.57 Å². The van der Waals surface area contributed by atoms with Crippen LogP contribution in [0.2, 0.25) is 0 Å². The van der Waals surface area contributed by atoms with Gasteiger partial charge in [0.25, 0.3) is 0 Å². The van der Waals surface area contributed by atoms with Crippen molar-refractivity contribution in [3.8, 4) is 5.75 Å². The molecule has 0 radical (unpaired) electrons. The molecule has 1 aromatic rings. The van der Waals surface area contributed by atoms with Crippen molar-refractivity contribution in [2.75, 3.05) is 21.0 Å². The number of hydrogen-bond acceptors (Lipinski definition) is 5. The summed E-state index contributed by atoms with van der Waals surface area (Å²) in [5.74, 6) is 0.00696. The van der Waals surface area contributed by atoms with Gasteiger partial charge in [0.1, 0.15) is 18.1 Å². The monoisotopic (exact) mass is 459 g/mol. The number of halogens is 1. The highest BCUT2D eigenvalue weighted by Crippen LogP contribution is 2.52. The summed E-state index contributed by atoms with van der Waals surface area (Å²) in [7, 11) is 3.00. The molecule has 0 spiro atoms. The van der Waals surface area contributed by atoms with E-state index in [4.69, 9.17) is 14.2 Å². The fraction of sp³-hybridized carbons (Fsp3) is 0.714. The van der Waals surface area contributed by atoms with Crippen molar-refractivity contribution < 1.29 is 19.0 Å². The molecule has 7 heteroatoms. The molecule has 1 fully saturated rings. The number of ketones is 1. The maximum Gasteiger partial charge on any atom is 0.238 e. The van der Waals surface area contributed by atoms with Gasteiger partial charge in [0.15, 0.2) is 11.5 Å². The summed E-state index contributed by atoms with van der Waals surface area (Å²) in [4.78, 5) is 25.8. The fourth-order valence-electron chi connectivity index (χ4n) is 4.11. The third-order valence-corrected chi connectivity index (χ3v) is 6.07. The van der Waals surface area contributed by atoms with Crippen molar-refractivity contribution in [2.24, 2.45) is 5.41 Å². The lowest BCUT2D eigenvalue weighted by molar-refractivity contribution is -0.197. The van der Waals surface area contributed by atoms with Crippen molar-refractivity contribution in [3.63, 3.8) is 0 Å². The van der Waals surface area contributed by atoms with Gasteiger partial charge in [-0.05, 0) is 35.7 Å². The Kier molecular flexibility index (Phi) is 9.37. The average Bonchev–Trinajstić information content (AvgIpc) is 2.72. The summed E-state index contributed by atoms with van der Waals surface area (Å²) in [5, 5.41) is 0. The van der Waals surface area contributed by atoms with E-state index in [0.717, 1.165) is 25.7 Å². The number of Topliss-reactive ketones (excluding diaryl/α,β-unsaturated/α-hetero) is 1. The Morgan fingerprint density at radius 1 is 1.11 bits per heavy atom. The van der Waals surface area contributed by atoms with E-state index in [0.29, 0.717) is 16.7 Å². The molecular formula is C21H34BrNO5. The van der Waals surface area contributed by atoms with Gasteiger partial charge in [0, 0.05) is 13.3 Å². The van der Waals surface area contributed by atoms with Crippen LogP contribution < -0.4 is 10.2 Å². The van der Waals surface area contributed by atoms with Crippen LogP contribution >= 0.6 is 15.9 Å². The van der Waals surface area contributed by atoms with E-state index >= 15 is 0 Å². The number of hydrogen-bond donors (Lipinski definition) is 0. The van der Waals surface area contributed by atoms with Gasteiger partial charge in [-0.25, -0.2) is 0 Å². The zero-order valence-electron chi connectivity index (χ0n) is 18.2. The molecule has 1 aliphatic heterocycles. The van der Waals surface area contributed by atoms with Gasteiger partial charge < -0.3 is 18.8 Å². The largest absolute Gasteiger partial charge is 0.491 e. The van der Waals surface area contributed by atoms with Gasteiger partial charge in [-0.3, -0.25) is 9.59 Å². The van der Waals surface area contributed by atoms with E-state index in [1.54, 1.807) is 17.9 Å². The highest BCUT2D eigenvalue weighted by Gasteiger charge is 2.59. The number of carbonyl (C=O) groups excluding carboxylic acids is 1. The minimum absolute atomic E-state index is 0.0917. The smallest absolute Gasteiger partial charge is 0.238 e. The molecule has 28 heavy (non-hydrogen) atoms. The lowest BCUT2D eigenvalue weighted by Gasteiger charge is -2.53. The predicted octanol–water partition coefficient (Wildman–Crippen LogP) is 4.81. The summed E-state index contributed by atoms with van der Waals surface area (Å²) in [5.41, 5.74) is -1.30. The second kappa shape index (κ2) is 10.6. The molecule has 2 aliphatic rings. The van der Waals surface area contributed by atoms with Gasteiger partial charge in [0.2, 0.25) is 5.43 Å². The molecule has 0 aromatic carbocycles. The van der Waals surface area contributed by atoms with Crippen LogP contribution in [0.4, 0.5) is 0 Å². The average molecular weight is 460 g/mol. The summed E-state index contributed by atoms with van der Waals surface area (Å²) in [6.07, 6.45) is 5.13. The quantitative estimate of drug-likeness (QED) is 0.604. The highest BCUT2D eigenvalue weighted by molar-refractivity contribution is 9.10. The molecule has 0 N–H and O–H groups in total. The first kappa shape index (κ1) is 24.9. The van der Waals surface area contributed by atoms with Crippen LogP contribution in [0.3, 0.4) is 0 Å². The second-order valence-corrected chi connectivity index (χ2v) is 7.58. The predicted molar refractivity (Wildman–Crippen MR) is 114 cm³/mol. The number of nitrogens with zero attached hydrogens (tertiary/aromatic N) is 1. The molecule has 0 saturated heterocycles. The SMILES string of the molecule is CC.CC.COCOC12CCCCC1(C)C(=O)c1c(OC)c(=O)c(Br)cn1C2. The maximum absolute atomic E-state index is 13.4. The summed E-state index contributed by atoms with van der Waals surface area (Å²) < 4.78 is 18.7. The van der Waals surface area contributed by atoms with Crippen LogP contribution in [0.25, 0.3) is 0 Å². The first-order chi connectivity index (χ1) is 13.4. The minimum Gasteiger partial charge on any atom is -0.491 e. The van der Waals surface area contributed by atoms with Crippen LogP contribution in [0, 0.1) is 5.41 Å². The first-order valence-electron chi connectivity index (χ1n) is 10.0. The van der Waals surface area contributed by atoms with Gasteiger partial charge in [0.05, 0.1) is 23.5 Å². The molecule has 1 saturated carbocycles. The molecule has 3 rings (SSSR count). The van der Waals surface area contributed by atoms with Crippen LogP contribution in [0.15, 0.2) is 15.5 Å². The van der Waals surface area contributed by atoms with Gasteiger partial charge in [-0.2, -0.15) is 0 Å². The van der Waals surface area contributed by atoms with E-state index in [1.165, 1.54) is 7.11 Å². The Balaban J connectivity index is 0.000000921. The van der Waals surface area contributed by atoms with Crippen LogP contribution in [-0.4, -0.2) is 37.0 Å². The maximum atomic E-state index is 13.4. The summed E-state index contributed by atoms with van der Waals surface area (Å²) in [6.45, 7) is 10.6. The first-order valence-corrected chi connectivity index (χ1v) is 10.8. The number of aromatic nitrogens is 1. The molecule has 2 heterocycles. The van der Waals surface area contributed by atoms with Crippen molar-refractivity contribution >= 4 is 21.7 Å². The summed E-state index contributed by atoms with van der Waals surface area (Å²) >= 11 is 3.27. The molecule has 2 unspecified atom stereocenters. The Bertz CT molecular complexity index is 732. The minimum atomic E-state index is -0.697. The third kappa shape index (κ3) is 4.07. The van der Waals surface area contributed by atoms with Gasteiger partial charge in [-0.1, -0.05) is 40.5 Å². The van der Waals surface area contributed by atoms with Crippen molar-refractivity contribution in [1.29, 1.82) is 0 Å². The van der Waals surface area contributed by atoms with Crippen LogP contribution in [0.1, 0.15) is 70.8 Å². The number of fused-ring (bicyclic) bond motifs is 2. The van der Waals surface area contributed by atoms with E-state index < -0.39 is 11.0 Å². The van der Waals surface area contributed by atoms with Crippen molar-refractivity contribution in [3.05, 3.63) is 26.6 Å². The lowest BCUT2D eigenvalue weighted by Crippen LogP contribution is -2.61. The van der Waals surface area contributed by atoms with E-state index in [1.807, 2.05) is 34.6 Å². The summed E-state index contributed by atoms with van der Waals surface area (Å²) in [6, 6.07) is 0. The highest BCUT2D eigenvalue weighted by atomic mass is 79.9. The Hall–Kier alpha value is -1.18. The Morgan fingerprint density at radius 3 is 2.29 bits per heavy atom. The normalized spacial score (nSPS) is 25.4. The fourth-order valence-corrected chi connectivity index (χ4v) is 4.53. The molecule has 1 aromatic heterocycles. The second-order valence-electron chi connectivity index (χ2n) is 6.73. The zero-order chi connectivity index (χ0) is 21.5. The number of carbonyl (C=O) groups is 1. The molecule has 160 valence electrons. The number of rotatable bonds is 4. The molecule has 2 atom stereocenters. The lowest BCUT2D eigenvalue weighted by atomic mass is 9.59. The number of methoxy groups -OCH3 is 2. The van der Waals surface area contributed by atoms with E-state index in [9.17, 15) is 9.59 Å². The van der Waals surface area contributed by atoms with Gasteiger partial charge in [-0.15, -0.1) is 0 Å². The Morgan fingerprint density at radius 2 is 1.71 bits per heavy atom. The number of pyridine rings is 1. The topological polar surface area (TPSA) is 66.8 Å². The van der Waals surface area contributed by atoms with E-state index in [-0.39, 0.29) is 23.8 Å². The third-order valence-electron chi connectivity index (χ3n) is 5.51. The standard InChI is InChI=1S/C17H22BrNO5.2C2H6/c1-16-6-4-5-7-17(16,24-10-22-2)9-19-8-11(18)13(20)14(23-3)12(19)15(16)21;2*1-2/h8H,4-7,9-10H2,1-3H3;2*1-2H3. The molecule has 6 nitrogen and oxygen atoms in total. The zero-order valence-corrected chi connectivity index (χ0v) is 19.8. The number of ether oxygens (including phenoxy) is 3. The van der Waals surface area contributed by atoms with Gasteiger partial charge >= 0.3 is 0 Å². The van der Waals surface area contributed by atoms with Crippen LogP contribution in [0.5, 0.6) is 5.75 Å². The molecule has 1 aliphatic carbocycles. The van der Waals surface area contributed by atoms with E-state index in [2.05, 4.69) is 15.9 Å². The molecule has 0 bridgehead atoms. The molecule has 0 amide bonds. The van der Waals surface area contributed by atoms with Crippen molar-refractivity contribution in [2.45, 2.75) is 72.4 Å². The Labute approximate surface area is 176 Å². The molecular weight excluding hydrogens is 426 g/mol.